The third-order valence-corrected chi connectivity index (χ3v) is 12.0. The molecule has 0 fully saturated rings. The van der Waals surface area contributed by atoms with Gasteiger partial charge < -0.3 is 13.9 Å². The first-order valence-corrected chi connectivity index (χ1v) is 20.2. The van der Waals surface area contributed by atoms with Gasteiger partial charge in [0.25, 0.3) is 0 Å². The second-order valence-corrected chi connectivity index (χ2v) is 15.3. The van der Waals surface area contributed by atoms with Gasteiger partial charge in [0.15, 0.2) is 0 Å². The molecule has 3 heteroatoms. The molecule has 0 spiro atoms. The van der Waals surface area contributed by atoms with E-state index in [4.69, 9.17) is 4.42 Å². The van der Waals surface area contributed by atoms with Crippen LogP contribution in [0.25, 0.3) is 93.2 Å². The number of hydrogen-bond donors (Lipinski definition) is 0. The van der Waals surface area contributed by atoms with Gasteiger partial charge in [-0.15, -0.1) is 0 Å². The Morgan fingerprint density at radius 3 is 1.75 bits per heavy atom. The van der Waals surface area contributed by atoms with Crippen LogP contribution in [0.2, 0.25) is 0 Å². The molecule has 0 aliphatic heterocycles. The summed E-state index contributed by atoms with van der Waals surface area (Å²) in [6, 6.07) is 78.7. The highest BCUT2D eigenvalue weighted by atomic mass is 16.3. The van der Waals surface area contributed by atoms with Crippen LogP contribution in [0.15, 0.2) is 223 Å². The van der Waals surface area contributed by atoms with Crippen LogP contribution >= 0.6 is 0 Å². The van der Waals surface area contributed by atoms with Crippen molar-refractivity contribution >= 4 is 82.4 Å². The molecule has 0 saturated heterocycles. The maximum absolute atomic E-state index is 6.62. The molecule has 10 aromatic carbocycles. The second-order valence-electron chi connectivity index (χ2n) is 15.3. The van der Waals surface area contributed by atoms with E-state index in [1.165, 1.54) is 48.9 Å². The van der Waals surface area contributed by atoms with Gasteiger partial charge in [-0.2, -0.15) is 0 Å². The largest absolute Gasteiger partial charge is 0.455 e. The highest BCUT2D eigenvalue weighted by Crippen LogP contribution is 2.46. The van der Waals surface area contributed by atoms with Crippen molar-refractivity contribution in [3.05, 3.63) is 218 Å². The second kappa shape index (κ2) is 13.4. The molecule has 0 N–H and O–H groups in total. The van der Waals surface area contributed by atoms with Crippen molar-refractivity contribution in [1.29, 1.82) is 0 Å². The molecular formula is C56H36N2O. The molecule has 2 heterocycles. The molecule has 12 rings (SSSR count). The van der Waals surface area contributed by atoms with Crippen LogP contribution in [0.4, 0.5) is 17.1 Å². The molecule has 0 saturated carbocycles. The summed E-state index contributed by atoms with van der Waals surface area (Å²) in [5, 5.41) is 9.68. The van der Waals surface area contributed by atoms with Gasteiger partial charge >= 0.3 is 0 Å². The summed E-state index contributed by atoms with van der Waals surface area (Å²) >= 11 is 0. The van der Waals surface area contributed by atoms with Gasteiger partial charge in [0.2, 0.25) is 0 Å². The molecule has 276 valence electrons. The number of nitrogens with zero attached hydrogens (tertiary/aromatic N) is 2. The van der Waals surface area contributed by atoms with Gasteiger partial charge in [0, 0.05) is 49.6 Å². The zero-order valence-electron chi connectivity index (χ0n) is 32.1. The van der Waals surface area contributed by atoms with Crippen molar-refractivity contribution in [2.45, 2.75) is 0 Å². The van der Waals surface area contributed by atoms with E-state index in [0.29, 0.717) is 0 Å². The smallest absolute Gasteiger partial charge is 0.143 e. The summed E-state index contributed by atoms with van der Waals surface area (Å²) in [6.45, 7) is 0. The molecule has 0 amide bonds. The summed E-state index contributed by atoms with van der Waals surface area (Å²) in [5.41, 5.74) is 13.0. The van der Waals surface area contributed by atoms with Crippen molar-refractivity contribution in [2.75, 3.05) is 4.90 Å². The minimum absolute atomic E-state index is 0.891. The quantitative estimate of drug-likeness (QED) is 0.158. The number of benzene rings is 10. The molecule has 0 radical (unpaired) electrons. The molecule has 12 aromatic rings. The van der Waals surface area contributed by atoms with E-state index in [2.05, 4.69) is 222 Å². The average molecular weight is 753 g/mol. The first-order valence-electron chi connectivity index (χ1n) is 20.2. The predicted octanol–water partition coefficient (Wildman–Crippen LogP) is 15.8. The van der Waals surface area contributed by atoms with E-state index in [-0.39, 0.29) is 0 Å². The first kappa shape index (κ1) is 33.3. The number of para-hydroxylation sites is 6. The monoisotopic (exact) mass is 752 g/mol. The lowest BCUT2D eigenvalue weighted by Gasteiger charge is -2.28. The van der Waals surface area contributed by atoms with Gasteiger partial charge in [-0.1, -0.05) is 164 Å². The van der Waals surface area contributed by atoms with Gasteiger partial charge in [-0.05, 0) is 81.7 Å². The van der Waals surface area contributed by atoms with Crippen molar-refractivity contribution in [3.63, 3.8) is 0 Å². The zero-order valence-corrected chi connectivity index (χ0v) is 32.1. The molecule has 0 aliphatic rings. The van der Waals surface area contributed by atoms with E-state index in [9.17, 15) is 0 Å². The third kappa shape index (κ3) is 5.29. The van der Waals surface area contributed by atoms with E-state index in [1.807, 2.05) is 6.07 Å². The summed E-state index contributed by atoms with van der Waals surface area (Å²) in [7, 11) is 0. The van der Waals surface area contributed by atoms with Crippen LogP contribution in [-0.2, 0) is 0 Å². The highest BCUT2D eigenvalue weighted by molar-refractivity contribution is 6.12. The summed E-state index contributed by atoms with van der Waals surface area (Å²) in [5.74, 6) is 0. The van der Waals surface area contributed by atoms with Crippen LogP contribution < -0.4 is 4.90 Å². The molecule has 0 atom stereocenters. The van der Waals surface area contributed by atoms with Crippen LogP contribution in [0.1, 0.15) is 0 Å². The van der Waals surface area contributed by atoms with Crippen molar-refractivity contribution in [1.82, 2.24) is 4.57 Å². The normalized spacial score (nSPS) is 11.7. The van der Waals surface area contributed by atoms with Crippen molar-refractivity contribution < 1.29 is 4.42 Å². The Labute approximate surface area is 341 Å². The summed E-state index contributed by atoms with van der Waals surface area (Å²) < 4.78 is 9.03. The van der Waals surface area contributed by atoms with Crippen LogP contribution in [-0.4, -0.2) is 4.57 Å². The summed E-state index contributed by atoms with van der Waals surface area (Å²) in [4.78, 5) is 2.40. The third-order valence-electron chi connectivity index (χ3n) is 12.0. The lowest BCUT2D eigenvalue weighted by Crippen LogP contribution is -2.11. The van der Waals surface area contributed by atoms with Crippen LogP contribution in [0.5, 0.6) is 0 Å². The Morgan fingerprint density at radius 1 is 0.356 bits per heavy atom. The number of anilines is 3. The number of furan rings is 1. The Bertz CT molecular complexity index is 3520. The summed E-state index contributed by atoms with van der Waals surface area (Å²) in [6.07, 6.45) is 0. The molecular weight excluding hydrogens is 717 g/mol. The lowest BCUT2D eigenvalue weighted by molar-refractivity contribution is 0.670. The van der Waals surface area contributed by atoms with Crippen LogP contribution in [0.3, 0.4) is 0 Å². The predicted molar refractivity (Wildman–Crippen MR) is 249 cm³/mol. The fourth-order valence-corrected chi connectivity index (χ4v) is 9.31. The molecule has 0 bridgehead atoms. The zero-order chi connectivity index (χ0) is 38.9. The SMILES string of the molecule is c1ccc(N(c2ccc(-c3ccccc3-n3c4ccccc4c4ccccc43)cc2)c2ccc3c(ccc4ccccc43)c2)c(-c2cccc3c2oc2ccccc23)c1. The Kier molecular flexibility index (Phi) is 7.54. The number of hydrogen-bond acceptors (Lipinski definition) is 2. The highest BCUT2D eigenvalue weighted by Gasteiger charge is 2.22. The van der Waals surface area contributed by atoms with E-state index in [1.54, 1.807) is 0 Å². The van der Waals surface area contributed by atoms with Gasteiger partial charge in [-0.25, -0.2) is 0 Å². The minimum Gasteiger partial charge on any atom is -0.455 e. The molecule has 2 aromatic heterocycles. The van der Waals surface area contributed by atoms with Gasteiger partial charge in [0.1, 0.15) is 11.2 Å². The Hall–Kier alpha value is -7.88. The topological polar surface area (TPSA) is 21.3 Å². The standard InChI is InChI=1S/C56H36N2O/c1-2-15-42-37(14-1)28-29-39-36-41(34-35-43(39)42)57(52-24-9-6-19-47(52)49-21-13-22-50-48-20-7-12-27-55(48)59-56(49)50)40-32-30-38(31-33-40)44-16-3-8-23-51(44)58-53-25-10-4-17-45(53)46-18-5-11-26-54(46)58/h1-36H. The maximum atomic E-state index is 6.62. The number of fused-ring (bicyclic) bond motifs is 9. The van der Waals surface area contributed by atoms with Crippen molar-refractivity contribution in [3.8, 4) is 27.9 Å². The maximum Gasteiger partial charge on any atom is 0.143 e. The Balaban J connectivity index is 1.05. The molecule has 3 nitrogen and oxygen atoms in total. The van der Waals surface area contributed by atoms with Gasteiger partial charge in [0.05, 0.1) is 22.4 Å². The number of aromatic nitrogens is 1. The van der Waals surface area contributed by atoms with Crippen molar-refractivity contribution in [2.24, 2.45) is 0 Å². The van der Waals surface area contributed by atoms with Crippen LogP contribution in [0, 0.1) is 0 Å². The molecule has 0 aliphatic carbocycles. The fraction of sp³-hybridized carbons (Fsp3) is 0. The lowest BCUT2D eigenvalue weighted by atomic mass is 9.98. The molecule has 0 unspecified atom stereocenters. The Morgan fingerprint density at radius 2 is 0.932 bits per heavy atom. The molecule has 59 heavy (non-hydrogen) atoms. The average Bonchev–Trinajstić information content (AvgIpc) is 3.86. The van der Waals surface area contributed by atoms with E-state index >= 15 is 0 Å². The van der Waals surface area contributed by atoms with E-state index in [0.717, 1.165) is 61.4 Å². The number of rotatable bonds is 6. The van der Waals surface area contributed by atoms with Gasteiger partial charge in [-0.3, -0.25) is 0 Å². The fourth-order valence-electron chi connectivity index (χ4n) is 9.31. The first-order chi connectivity index (χ1) is 29.3. The van der Waals surface area contributed by atoms with E-state index < -0.39 is 0 Å². The minimum atomic E-state index is 0.891.